The van der Waals surface area contributed by atoms with E-state index >= 15 is 0 Å². The monoisotopic (exact) mass is 408 g/mol. The lowest BCUT2D eigenvalue weighted by atomic mass is 10.3. The van der Waals surface area contributed by atoms with Crippen molar-refractivity contribution in [3.05, 3.63) is 58.6 Å². The van der Waals surface area contributed by atoms with Gasteiger partial charge in [0.15, 0.2) is 0 Å². The molecule has 2 aromatic rings. The molecule has 2 rings (SSSR count). The number of para-hydroxylation sites is 2. The first-order chi connectivity index (χ1) is 12.8. The molecule has 0 saturated carbocycles. The number of hydrogen-bond acceptors (Lipinski definition) is 4. The van der Waals surface area contributed by atoms with Crippen LogP contribution in [0.3, 0.4) is 0 Å². The molecule has 0 aliphatic carbocycles. The Labute approximate surface area is 166 Å². The summed E-state index contributed by atoms with van der Waals surface area (Å²) in [7, 11) is 1.57. The molecular weight excluding hydrogens is 391 g/mol. The summed E-state index contributed by atoms with van der Waals surface area (Å²) in [6.07, 6.45) is 0. The molecule has 0 saturated heterocycles. The largest absolute Gasteiger partial charge is 0.325 e. The van der Waals surface area contributed by atoms with Gasteiger partial charge in [0.25, 0.3) is 0 Å². The van der Waals surface area contributed by atoms with E-state index in [0.717, 1.165) is 0 Å². The molecule has 7 nitrogen and oxygen atoms in total. The maximum Gasteiger partial charge on any atom is 0.325 e. The lowest BCUT2D eigenvalue weighted by Crippen LogP contribution is -2.42. The second-order valence-electron chi connectivity index (χ2n) is 5.69. The normalized spacial score (nSPS) is 10.4. The van der Waals surface area contributed by atoms with E-state index in [1.807, 2.05) is 6.07 Å². The average Bonchev–Trinajstić information content (AvgIpc) is 2.58. The van der Waals surface area contributed by atoms with Crippen molar-refractivity contribution >= 4 is 52.4 Å². The van der Waals surface area contributed by atoms with Crippen LogP contribution in [0.5, 0.6) is 0 Å². The topological polar surface area (TPSA) is 90.5 Å². The van der Waals surface area contributed by atoms with Crippen LogP contribution in [-0.2, 0) is 9.59 Å². The van der Waals surface area contributed by atoms with Crippen LogP contribution in [0.15, 0.2) is 48.5 Å². The Morgan fingerprint density at radius 1 is 0.852 bits per heavy atom. The maximum absolute atomic E-state index is 12.1. The van der Waals surface area contributed by atoms with E-state index < -0.39 is 17.8 Å². The van der Waals surface area contributed by atoms with Crippen molar-refractivity contribution in [2.24, 2.45) is 0 Å². The fraction of sp³-hybridized carbons (Fsp3) is 0.167. The van der Waals surface area contributed by atoms with Gasteiger partial charge in [-0.25, -0.2) is 4.79 Å². The molecule has 0 aliphatic heterocycles. The predicted molar refractivity (Wildman–Crippen MR) is 106 cm³/mol. The highest BCUT2D eigenvalue weighted by Crippen LogP contribution is 2.29. The number of rotatable bonds is 6. The minimum atomic E-state index is -0.646. The van der Waals surface area contributed by atoms with Gasteiger partial charge >= 0.3 is 6.03 Å². The SMILES string of the molecule is CN(CC(=O)NC(=O)Nc1ccccc1)CC(=O)Nc1c(Cl)cccc1Cl. The van der Waals surface area contributed by atoms with Gasteiger partial charge < -0.3 is 10.6 Å². The number of anilines is 2. The number of carbonyl (C=O) groups excluding carboxylic acids is 3. The van der Waals surface area contributed by atoms with E-state index in [0.29, 0.717) is 21.4 Å². The number of urea groups is 1. The Bertz CT molecular complexity index is 810. The first kappa shape index (κ1) is 20.7. The molecule has 4 amide bonds. The van der Waals surface area contributed by atoms with Gasteiger partial charge in [-0.2, -0.15) is 0 Å². The summed E-state index contributed by atoms with van der Waals surface area (Å²) in [5, 5.41) is 7.96. The van der Waals surface area contributed by atoms with E-state index in [4.69, 9.17) is 23.2 Å². The highest BCUT2D eigenvalue weighted by Gasteiger charge is 2.15. The molecule has 0 radical (unpaired) electrons. The third-order valence-corrected chi connectivity index (χ3v) is 3.97. The lowest BCUT2D eigenvalue weighted by Gasteiger charge is -2.16. The fourth-order valence-electron chi connectivity index (χ4n) is 2.19. The molecule has 0 aromatic heterocycles. The molecular formula is C18H18Cl2N4O3. The Morgan fingerprint density at radius 2 is 1.44 bits per heavy atom. The minimum Gasteiger partial charge on any atom is -0.322 e. The Morgan fingerprint density at radius 3 is 2.07 bits per heavy atom. The summed E-state index contributed by atoms with van der Waals surface area (Å²) in [5.74, 6) is -0.941. The van der Waals surface area contributed by atoms with E-state index in [-0.39, 0.29) is 13.1 Å². The smallest absolute Gasteiger partial charge is 0.322 e. The van der Waals surface area contributed by atoms with Crippen LogP contribution in [0, 0.1) is 0 Å². The van der Waals surface area contributed by atoms with Gasteiger partial charge in [-0.05, 0) is 31.3 Å². The molecule has 2 aromatic carbocycles. The molecule has 3 N–H and O–H groups in total. The quantitative estimate of drug-likeness (QED) is 0.684. The molecule has 0 atom stereocenters. The predicted octanol–water partition coefficient (Wildman–Crippen LogP) is 3.21. The lowest BCUT2D eigenvalue weighted by molar-refractivity contribution is -0.121. The summed E-state index contributed by atoms with van der Waals surface area (Å²) >= 11 is 12.0. The van der Waals surface area contributed by atoms with Crippen LogP contribution in [0.1, 0.15) is 0 Å². The number of imide groups is 1. The Balaban J connectivity index is 1.78. The summed E-state index contributed by atoms with van der Waals surface area (Å²) < 4.78 is 0. The minimum absolute atomic E-state index is 0.0880. The van der Waals surface area contributed by atoms with Crippen LogP contribution >= 0.6 is 23.2 Å². The number of amides is 4. The van der Waals surface area contributed by atoms with E-state index in [9.17, 15) is 14.4 Å². The van der Waals surface area contributed by atoms with Crippen molar-refractivity contribution < 1.29 is 14.4 Å². The van der Waals surface area contributed by atoms with Gasteiger partial charge in [0.1, 0.15) is 0 Å². The second kappa shape index (κ2) is 9.91. The molecule has 0 fully saturated rings. The van der Waals surface area contributed by atoms with Crippen molar-refractivity contribution in [2.45, 2.75) is 0 Å². The van der Waals surface area contributed by atoms with Gasteiger partial charge in [0, 0.05) is 5.69 Å². The number of nitrogens with one attached hydrogen (secondary N) is 3. The standard InChI is InChI=1S/C18H18Cl2N4O3/c1-24(10-15(25)22-17-13(19)8-5-9-14(17)20)11-16(26)23-18(27)21-12-6-3-2-4-7-12/h2-9H,10-11H2,1H3,(H,22,25)(H2,21,23,26,27). The third-order valence-electron chi connectivity index (χ3n) is 3.34. The van der Waals surface area contributed by atoms with Crippen LogP contribution in [0.4, 0.5) is 16.2 Å². The zero-order valence-electron chi connectivity index (χ0n) is 14.5. The number of hydrogen-bond donors (Lipinski definition) is 3. The van der Waals surface area contributed by atoms with Crippen LogP contribution in [-0.4, -0.2) is 42.9 Å². The van der Waals surface area contributed by atoms with Crippen molar-refractivity contribution in [2.75, 3.05) is 30.8 Å². The first-order valence-corrected chi connectivity index (χ1v) is 8.69. The zero-order chi connectivity index (χ0) is 19.8. The Hall–Kier alpha value is -2.61. The van der Waals surface area contributed by atoms with Crippen LogP contribution in [0.25, 0.3) is 0 Å². The van der Waals surface area contributed by atoms with E-state index in [2.05, 4.69) is 16.0 Å². The van der Waals surface area contributed by atoms with Gasteiger partial charge in [-0.15, -0.1) is 0 Å². The number of nitrogens with zero attached hydrogens (tertiary/aromatic N) is 1. The highest BCUT2D eigenvalue weighted by atomic mass is 35.5. The maximum atomic E-state index is 12.1. The molecule has 9 heteroatoms. The van der Waals surface area contributed by atoms with Gasteiger partial charge in [0.05, 0.1) is 28.8 Å². The van der Waals surface area contributed by atoms with Crippen molar-refractivity contribution in [1.82, 2.24) is 10.2 Å². The van der Waals surface area contributed by atoms with Crippen molar-refractivity contribution in [1.29, 1.82) is 0 Å². The number of halogens is 2. The summed E-state index contributed by atoms with van der Waals surface area (Å²) in [5.41, 5.74) is 0.873. The van der Waals surface area contributed by atoms with Crippen LogP contribution in [0.2, 0.25) is 10.0 Å². The third kappa shape index (κ3) is 6.90. The molecule has 0 unspecified atom stereocenters. The van der Waals surface area contributed by atoms with Gasteiger partial charge in [0.2, 0.25) is 11.8 Å². The van der Waals surface area contributed by atoms with E-state index in [1.54, 1.807) is 49.5 Å². The molecule has 0 bridgehead atoms. The molecule has 0 heterocycles. The van der Waals surface area contributed by atoms with Crippen molar-refractivity contribution in [3.8, 4) is 0 Å². The highest BCUT2D eigenvalue weighted by molar-refractivity contribution is 6.39. The molecule has 142 valence electrons. The number of carbonyl (C=O) groups is 3. The average molecular weight is 409 g/mol. The number of likely N-dealkylation sites (N-methyl/N-ethyl adjacent to an activating group) is 1. The van der Waals surface area contributed by atoms with Gasteiger partial charge in [-0.3, -0.25) is 19.8 Å². The fourth-order valence-corrected chi connectivity index (χ4v) is 2.68. The summed E-state index contributed by atoms with van der Waals surface area (Å²) in [6.45, 7) is -0.235. The first-order valence-electron chi connectivity index (χ1n) is 7.93. The Kier molecular flexibility index (Phi) is 7.60. The zero-order valence-corrected chi connectivity index (χ0v) is 16.0. The second-order valence-corrected chi connectivity index (χ2v) is 6.50. The van der Waals surface area contributed by atoms with Gasteiger partial charge in [-0.1, -0.05) is 47.5 Å². The van der Waals surface area contributed by atoms with Crippen molar-refractivity contribution in [3.63, 3.8) is 0 Å². The number of benzene rings is 2. The summed E-state index contributed by atoms with van der Waals surface area (Å²) in [6, 6.07) is 12.9. The molecule has 27 heavy (non-hydrogen) atoms. The summed E-state index contributed by atoms with van der Waals surface area (Å²) in [4.78, 5) is 37.2. The molecule has 0 aliphatic rings. The van der Waals surface area contributed by atoms with E-state index in [1.165, 1.54) is 4.90 Å². The van der Waals surface area contributed by atoms with Crippen LogP contribution < -0.4 is 16.0 Å². The molecule has 0 spiro atoms.